The molecule has 10 heavy (non-hydrogen) atoms. The standard InChI is InChI=1S/C7H15N3/c8-10-6-5-9-3-1-7(10)2-4-9/h7H,1-6,8H2. The van der Waals surface area contributed by atoms with Gasteiger partial charge in [0.25, 0.3) is 0 Å². The Labute approximate surface area is 61.7 Å². The molecular weight excluding hydrogens is 126 g/mol. The van der Waals surface area contributed by atoms with Gasteiger partial charge in [0, 0.05) is 19.1 Å². The van der Waals surface area contributed by atoms with E-state index < -0.39 is 0 Å². The van der Waals surface area contributed by atoms with Gasteiger partial charge in [-0.2, -0.15) is 0 Å². The van der Waals surface area contributed by atoms with E-state index in [4.69, 9.17) is 5.84 Å². The van der Waals surface area contributed by atoms with E-state index in [1.807, 2.05) is 5.01 Å². The molecule has 58 valence electrons. The van der Waals surface area contributed by atoms with E-state index in [1.54, 1.807) is 0 Å². The maximum atomic E-state index is 5.82. The number of hydrazine groups is 1. The highest BCUT2D eigenvalue weighted by Gasteiger charge is 2.26. The van der Waals surface area contributed by atoms with Crippen LogP contribution in [0.5, 0.6) is 0 Å². The fraction of sp³-hybridized carbons (Fsp3) is 1.00. The molecule has 3 fully saturated rings. The number of hydrogen-bond donors (Lipinski definition) is 1. The van der Waals surface area contributed by atoms with Crippen LogP contribution < -0.4 is 5.84 Å². The van der Waals surface area contributed by atoms with Crippen LogP contribution in [0.2, 0.25) is 0 Å². The molecule has 3 saturated heterocycles. The van der Waals surface area contributed by atoms with Crippen molar-refractivity contribution in [2.75, 3.05) is 26.2 Å². The summed E-state index contributed by atoms with van der Waals surface area (Å²) in [5.41, 5.74) is 0. The summed E-state index contributed by atoms with van der Waals surface area (Å²) >= 11 is 0. The second kappa shape index (κ2) is 2.49. The van der Waals surface area contributed by atoms with Gasteiger partial charge in [0.1, 0.15) is 0 Å². The van der Waals surface area contributed by atoms with Crippen molar-refractivity contribution in [2.24, 2.45) is 5.84 Å². The molecule has 0 amide bonds. The average Bonchev–Trinajstić information content (AvgIpc) is 2.24. The van der Waals surface area contributed by atoms with Crippen LogP contribution in [-0.4, -0.2) is 42.1 Å². The van der Waals surface area contributed by atoms with Gasteiger partial charge in [0.2, 0.25) is 0 Å². The topological polar surface area (TPSA) is 32.5 Å². The Morgan fingerprint density at radius 2 is 1.70 bits per heavy atom. The molecule has 3 aliphatic rings. The fourth-order valence-corrected chi connectivity index (χ4v) is 1.91. The second-order valence-corrected chi connectivity index (χ2v) is 3.31. The normalized spacial score (nSPS) is 41.7. The highest BCUT2D eigenvalue weighted by Crippen LogP contribution is 2.17. The first kappa shape index (κ1) is 6.58. The summed E-state index contributed by atoms with van der Waals surface area (Å²) in [4.78, 5) is 2.50. The molecule has 0 aromatic heterocycles. The summed E-state index contributed by atoms with van der Waals surface area (Å²) in [5.74, 6) is 5.82. The zero-order valence-electron chi connectivity index (χ0n) is 6.29. The molecule has 0 aromatic carbocycles. The van der Waals surface area contributed by atoms with Crippen molar-refractivity contribution >= 4 is 0 Å². The van der Waals surface area contributed by atoms with Crippen molar-refractivity contribution in [3.05, 3.63) is 0 Å². The molecule has 2 N–H and O–H groups in total. The molecule has 0 radical (unpaired) electrons. The fourth-order valence-electron chi connectivity index (χ4n) is 1.91. The first-order valence-electron chi connectivity index (χ1n) is 4.10. The molecule has 3 rings (SSSR count). The van der Waals surface area contributed by atoms with Gasteiger partial charge >= 0.3 is 0 Å². The highest BCUT2D eigenvalue weighted by molar-refractivity contribution is 4.81. The summed E-state index contributed by atoms with van der Waals surface area (Å²) < 4.78 is 0. The smallest absolute Gasteiger partial charge is 0.0266 e. The summed E-state index contributed by atoms with van der Waals surface area (Å²) in [6.45, 7) is 4.76. The molecule has 3 heterocycles. The van der Waals surface area contributed by atoms with Gasteiger partial charge in [-0.05, 0) is 25.9 Å². The van der Waals surface area contributed by atoms with Crippen molar-refractivity contribution in [1.29, 1.82) is 0 Å². The Kier molecular flexibility index (Phi) is 1.64. The lowest BCUT2D eigenvalue weighted by Crippen LogP contribution is -2.42. The molecule has 0 atom stereocenters. The van der Waals surface area contributed by atoms with Gasteiger partial charge in [-0.3, -0.25) is 5.84 Å². The van der Waals surface area contributed by atoms with Crippen molar-refractivity contribution in [2.45, 2.75) is 18.9 Å². The predicted octanol–water partition coefficient (Wildman–Crippen LogP) is -0.360. The first-order valence-corrected chi connectivity index (χ1v) is 4.10. The van der Waals surface area contributed by atoms with E-state index in [0.29, 0.717) is 6.04 Å². The number of piperidine rings is 1. The Morgan fingerprint density at radius 3 is 2.40 bits per heavy atom. The molecule has 3 aliphatic heterocycles. The third-order valence-corrected chi connectivity index (χ3v) is 2.70. The van der Waals surface area contributed by atoms with Crippen LogP contribution in [0.1, 0.15) is 12.8 Å². The van der Waals surface area contributed by atoms with Crippen molar-refractivity contribution in [1.82, 2.24) is 9.91 Å². The van der Waals surface area contributed by atoms with E-state index in [0.717, 1.165) is 6.54 Å². The molecule has 0 saturated carbocycles. The highest BCUT2D eigenvalue weighted by atomic mass is 15.4. The predicted molar refractivity (Wildman–Crippen MR) is 40.4 cm³/mol. The maximum Gasteiger partial charge on any atom is 0.0266 e. The van der Waals surface area contributed by atoms with Crippen LogP contribution in [-0.2, 0) is 0 Å². The van der Waals surface area contributed by atoms with Gasteiger partial charge in [-0.15, -0.1) is 0 Å². The van der Waals surface area contributed by atoms with Crippen LogP contribution in [0.3, 0.4) is 0 Å². The largest absolute Gasteiger partial charge is 0.302 e. The zero-order chi connectivity index (χ0) is 6.97. The first-order chi connectivity index (χ1) is 4.86. The Hall–Kier alpha value is -0.120. The van der Waals surface area contributed by atoms with Gasteiger partial charge < -0.3 is 4.90 Å². The summed E-state index contributed by atoms with van der Waals surface area (Å²) in [6, 6.07) is 0.679. The quantitative estimate of drug-likeness (QED) is 0.468. The maximum absolute atomic E-state index is 5.82. The molecule has 0 unspecified atom stereocenters. The van der Waals surface area contributed by atoms with E-state index in [-0.39, 0.29) is 0 Å². The monoisotopic (exact) mass is 141 g/mol. The summed E-state index contributed by atoms with van der Waals surface area (Å²) in [6.07, 6.45) is 2.55. The van der Waals surface area contributed by atoms with Crippen LogP contribution in [0.15, 0.2) is 0 Å². The van der Waals surface area contributed by atoms with Crippen molar-refractivity contribution in [3.8, 4) is 0 Å². The third kappa shape index (κ3) is 1.05. The van der Waals surface area contributed by atoms with Crippen molar-refractivity contribution < 1.29 is 0 Å². The van der Waals surface area contributed by atoms with Crippen LogP contribution in [0.25, 0.3) is 0 Å². The lowest BCUT2D eigenvalue weighted by Gasteiger charge is -2.28. The summed E-state index contributed by atoms with van der Waals surface area (Å²) in [7, 11) is 0. The molecule has 0 aliphatic carbocycles. The Balaban J connectivity index is 2.07. The number of nitrogens with zero attached hydrogens (tertiary/aromatic N) is 2. The third-order valence-electron chi connectivity index (χ3n) is 2.70. The minimum Gasteiger partial charge on any atom is -0.302 e. The van der Waals surface area contributed by atoms with Crippen LogP contribution in [0.4, 0.5) is 0 Å². The average molecular weight is 141 g/mol. The zero-order valence-corrected chi connectivity index (χ0v) is 6.29. The SMILES string of the molecule is NN1CCN2CCC1CC2. The second-order valence-electron chi connectivity index (χ2n) is 3.31. The molecular formula is C7H15N3. The van der Waals surface area contributed by atoms with E-state index in [2.05, 4.69) is 4.90 Å². The summed E-state index contributed by atoms with van der Waals surface area (Å²) in [5, 5.41) is 2.02. The lowest BCUT2D eigenvalue weighted by atomic mass is 10.1. The molecule has 3 nitrogen and oxygen atoms in total. The number of hydrogen-bond acceptors (Lipinski definition) is 3. The van der Waals surface area contributed by atoms with Gasteiger partial charge in [-0.25, -0.2) is 5.01 Å². The van der Waals surface area contributed by atoms with Crippen LogP contribution >= 0.6 is 0 Å². The molecule has 2 bridgehead atoms. The van der Waals surface area contributed by atoms with E-state index in [1.165, 1.54) is 32.5 Å². The van der Waals surface area contributed by atoms with Crippen molar-refractivity contribution in [3.63, 3.8) is 0 Å². The van der Waals surface area contributed by atoms with E-state index in [9.17, 15) is 0 Å². The lowest BCUT2D eigenvalue weighted by molar-refractivity contribution is 0.186. The Morgan fingerprint density at radius 1 is 1.00 bits per heavy atom. The van der Waals surface area contributed by atoms with Crippen LogP contribution in [0, 0.1) is 0 Å². The molecule has 0 spiro atoms. The molecule has 0 aromatic rings. The van der Waals surface area contributed by atoms with Gasteiger partial charge in [0.05, 0.1) is 0 Å². The Bertz CT molecular complexity index is 118. The van der Waals surface area contributed by atoms with Gasteiger partial charge in [-0.1, -0.05) is 0 Å². The van der Waals surface area contributed by atoms with Gasteiger partial charge in [0.15, 0.2) is 0 Å². The van der Waals surface area contributed by atoms with E-state index >= 15 is 0 Å². The number of nitrogens with two attached hydrogens (primary N) is 1. The minimum atomic E-state index is 0.679. The molecule has 3 heteroatoms. The minimum absolute atomic E-state index is 0.679. The number of fused-ring (bicyclic) bond motifs is 4. The number of rotatable bonds is 0.